The van der Waals surface area contributed by atoms with Crippen LogP contribution in [0.3, 0.4) is 0 Å². The van der Waals surface area contributed by atoms with E-state index in [9.17, 15) is 0 Å². The van der Waals surface area contributed by atoms with Gasteiger partial charge in [0.25, 0.3) is 0 Å². The first-order valence-electron chi connectivity index (χ1n) is 6.89. The fraction of sp³-hybridized carbons (Fsp3) is 0.188. The molecule has 2 heterocycles. The van der Waals surface area contributed by atoms with Crippen LogP contribution in [0, 0.1) is 6.92 Å². The molecule has 0 spiro atoms. The summed E-state index contributed by atoms with van der Waals surface area (Å²) in [7, 11) is 0. The summed E-state index contributed by atoms with van der Waals surface area (Å²) in [5.74, 6) is 0.763. The summed E-state index contributed by atoms with van der Waals surface area (Å²) in [5, 5.41) is 4.27. The lowest BCUT2D eigenvalue weighted by Crippen LogP contribution is -2.02. The minimum Gasteiger partial charge on any atom is -0.330 e. The third-order valence-corrected chi connectivity index (χ3v) is 3.28. The maximum atomic E-state index is 5.57. The summed E-state index contributed by atoms with van der Waals surface area (Å²) in [6, 6.07) is 10.2. The van der Waals surface area contributed by atoms with Crippen molar-refractivity contribution in [1.29, 1.82) is 0 Å². The third-order valence-electron chi connectivity index (χ3n) is 3.28. The molecular formula is C16H18ClN5. The van der Waals surface area contributed by atoms with E-state index >= 15 is 0 Å². The third kappa shape index (κ3) is 3.50. The predicted octanol–water partition coefficient (Wildman–Crippen LogP) is 2.56. The lowest BCUT2D eigenvalue weighted by molar-refractivity contribution is 0.840. The van der Waals surface area contributed by atoms with Crippen LogP contribution in [-0.4, -0.2) is 26.3 Å². The smallest absolute Gasteiger partial charge is 0.157 e. The van der Waals surface area contributed by atoms with Crippen molar-refractivity contribution in [2.45, 2.75) is 13.3 Å². The molecular weight excluding hydrogens is 298 g/mol. The number of aromatic nitrogens is 4. The van der Waals surface area contributed by atoms with Gasteiger partial charge in [0.05, 0.1) is 11.9 Å². The van der Waals surface area contributed by atoms with E-state index in [4.69, 9.17) is 5.73 Å². The summed E-state index contributed by atoms with van der Waals surface area (Å²) >= 11 is 0. The molecule has 0 aliphatic heterocycles. The van der Waals surface area contributed by atoms with Crippen molar-refractivity contribution in [1.82, 2.24) is 19.7 Å². The first-order valence-corrected chi connectivity index (χ1v) is 6.89. The maximum absolute atomic E-state index is 5.57. The van der Waals surface area contributed by atoms with E-state index < -0.39 is 0 Å². The van der Waals surface area contributed by atoms with Crippen LogP contribution in [0.2, 0.25) is 0 Å². The number of aryl methyl sites for hydroxylation is 1. The van der Waals surface area contributed by atoms with Crippen molar-refractivity contribution in [3.63, 3.8) is 0 Å². The Bertz CT molecular complexity index is 736. The fourth-order valence-corrected chi connectivity index (χ4v) is 2.18. The van der Waals surface area contributed by atoms with Gasteiger partial charge >= 0.3 is 0 Å². The van der Waals surface area contributed by atoms with Gasteiger partial charge in [-0.2, -0.15) is 5.10 Å². The Morgan fingerprint density at radius 1 is 1.14 bits per heavy atom. The molecule has 1 aromatic carbocycles. The second kappa shape index (κ2) is 7.15. The van der Waals surface area contributed by atoms with Gasteiger partial charge in [0, 0.05) is 17.8 Å². The lowest BCUT2D eigenvalue weighted by atomic mass is 10.1. The van der Waals surface area contributed by atoms with E-state index in [1.807, 2.05) is 25.4 Å². The Kier molecular flexibility index (Phi) is 5.25. The molecule has 0 atom stereocenters. The van der Waals surface area contributed by atoms with Gasteiger partial charge in [0.2, 0.25) is 0 Å². The molecule has 0 bridgehead atoms. The average molecular weight is 316 g/mol. The molecule has 2 aromatic heterocycles. The van der Waals surface area contributed by atoms with Gasteiger partial charge < -0.3 is 5.73 Å². The molecule has 3 aromatic rings. The van der Waals surface area contributed by atoms with Crippen LogP contribution in [0.1, 0.15) is 11.1 Å². The van der Waals surface area contributed by atoms with Crippen LogP contribution in [0.15, 0.2) is 49.1 Å². The van der Waals surface area contributed by atoms with Crippen LogP contribution in [0.5, 0.6) is 0 Å². The normalized spacial score (nSPS) is 10.3. The number of halogens is 1. The topological polar surface area (TPSA) is 69.6 Å². The average Bonchev–Trinajstić information content (AvgIpc) is 2.95. The highest BCUT2D eigenvalue weighted by atomic mass is 35.5. The number of hydrogen-bond donors (Lipinski definition) is 1. The molecule has 0 fully saturated rings. The SMILES string of the molecule is Cc1cnn(-c2cc(-c3ccc(CCN)cc3)ncn2)c1.Cl. The number of nitrogens with zero attached hydrogens (tertiary/aromatic N) is 4. The van der Waals surface area contributed by atoms with Gasteiger partial charge in [-0.05, 0) is 31.0 Å². The van der Waals surface area contributed by atoms with Gasteiger partial charge in [-0.25, -0.2) is 14.6 Å². The standard InChI is InChI=1S/C16H17N5.ClH/c1-12-9-20-21(10-12)16-8-15(18-11-19-16)14-4-2-13(3-5-14)6-7-17;/h2-5,8-11H,6-7,17H2,1H3;1H. The lowest BCUT2D eigenvalue weighted by Gasteiger charge is -2.05. The minimum absolute atomic E-state index is 0. The number of nitrogens with two attached hydrogens (primary N) is 1. The highest BCUT2D eigenvalue weighted by molar-refractivity contribution is 5.85. The Labute approximate surface area is 135 Å². The van der Waals surface area contributed by atoms with Crippen molar-refractivity contribution in [2.24, 2.45) is 5.73 Å². The Morgan fingerprint density at radius 3 is 2.55 bits per heavy atom. The minimum atomic E-state index is 0. The fourth-order valence-electron chi connectivity index (χ4n) is 2.18. The molecule has 2 N–H and O–H groups in total. The van der Waals surface area contributed by atoms with Gasteiger partial charge in [-0.3, -0.25) is 0 Å². The van der Waals surface area contributed by atoms with Crippen molar-refractivity contribution in [3.8, 4) is 17.1 Å². The first-order chi connectivity index (χ1) is 10.3. The quantitative estimate of drug-likeness (QED) is 0.803. The van der Waals surface area contributed by atoms with Crippen molar-refractivity contribution < 1.29 is 0 Å². The van der Waals surface area contributed by atoms with E-state index in [1.165, 1.54) is 5.56 Å². The first kappa shape index (κ1) is 16.1. The van der Waals surface area contributed by atoms with Gasteiger partial charge in [0.1, 0.15) is 6.33 Å². The van der Waals surface area contributed by atoms with Crippen molar-refractivity contribution >= 4 is 12.4 Å². The Morgan fingerprint density at radius 2 is 1.91 bits per heavy atom. The summed E-state index contributed by atoms with van der Waals surface area (Å²) < 4.78 is 1.75. The van der Waals surface area contributed by atoms with E-state index in [2.05, 4.69) is 39.3 Å². The summed E-state index contributed by atoms with van der Waals surface area (Å²) in [4.78, 5) is 8.61. The number of rotatable bonds is 4. The monoisotopic (exact) mass is 315 g/mol. The molecule has 0 saturated carbocycles. The zero-order valence-electron chi connectivity index (χ0n) is 12.3. The van der Waals surface area contributed by atoms with E-state index in [0.29, 0.717) is 6.54 Å². The molecule has 0 radical (unpaired) electrons. The van der Waals surface area contributed by atoms with Crippen molar-refractivity contribution in [2.75, 3.05) is 6.54 Å². The highest BCUT2D eigenvalue weighted by Crippen LogP contribution is 2.19. The molecule has 5 nitrogen and oxygen atoms in total. The van der Waals surface area contributed by atoms with Crippen LogP contribution < -0.4 is 5.73 Å². The highest BCUT2D eigenvalue weighted by Gasteiger charge is 2.05. The van der Waals surface area contributed by atoms with Gasteiger partial charge in [0.15, 0.2) is 5.82 Å². The number of benzene rings is 1. The second-order valence-electron chi connectivity index (χ2n) is 4.96. The van der Waals surface area contributed by atoms with Gasteiger partial charge in [-0.15, -0.1) is 12.4 Å². The Hall–Kier alpha value is -2.24. The molecule has 0 saturated heterocycles. The maximum Gasteiger partial charge on any atom is 0.157 e. The molecule has 0 aliphatic rings. The van der Waals surface area contributed by atoms with Crippen LogP contribution in [0.4, 0.5) is 0 Å². The van der Waals surface area contributed by atoms with Crippen LogP contribution in [-0.2, 0) is 6.42 Å². The molecule has 0 unspecified atom stereocenters. The van der Waals surface area contributed by atoms with E-state index in [-0.39, 0.29) is 12.4 Å². The Balaban J connectivity index is 0.00000176. The summed E-state index contributed by atoms with van der Waals surface area (Å²) in [6.45, 7) is 2.66. The summed E-state index contributed by atoms with van der Waals surface area (Å²) in [5.41, 5.74) is 9.84. The van der Waals surface area contributed by atoms with E-state index in [1.54, 1.807) is 11.0 Å². The van der Waals surface area contributed by atoms with Crippen LogP contribution >= 0.6 is 12.4 Å². The summed E-state index contributed by atoms with van der Waals surface area (Å²) in [6.07, 6.45) is 6.21. The van der Waals surface area contributed by atoms with E-state index in [0.717, 1.165) is 29.1 Å². The van der Waals surface area contributed by atoms with Crippen molar-refractivity contribution in [3.05, 3.63) is 60.2 Å². The van der Waals surface area contributed by atoms with Gasteiger partial charge in [-0.1, -0.05) is 24.3 Å². The molecule has 0 amide bonds. The predicted molar refractivity (Wildman–Crippen MR) is 89.3 cm³/mol. The zero-order valence-corrected chi connectivity index (χ0v) is 13.1. The molecule has 0 aliphatic carbocycles. The van der Waals surface area contributed by atoms with Crippen LogP contribution in [0.25, 0.3) is 17.1 Å². The number of hydrogen-bond acceptors (Lipinski definition) is 4. The molecule has 114 valence electrons. The zero-order chi connectivity index (χ0) is 14.7. The molecule has 22 heavy (non-hydrogen) atoms. The largest absolute Gasteiger partial charge is 0.330 e. The molecule has 6 heteroatoms. The second-order valence-corrected chi connectivity index (χ2v) is 4.96. The molecule has 3 rings (SSSR count).